The minimum atomic E-state index is -4.66. The molecule has 0 spiro atoms. The van der Waals surface area contributed by atoms with Gasteiger partial charge in [0.05, 0.1) is 6.42 Å². The normalized spacial score (nSPS) is 24.8. The Morgan fingerprint density at radius 3 is 2.41 bits per heavy atom. The molecule has 0 bridgehead atoms. The van der Waals surface area contributed by atoms with Gasteiger partial charge in [0.15, 0.2) is 5.25 Å². The number of nitrogens with zero attached hydrogens (tertiary/aromatic N) is 1. The molecule has 1 saturated carbocycles. The summed E-state index contributed by atoms with van der Waals surface area (Å²) in [5, 5.41) is -1.82. The minimum Gasteiger partial charge on any atom is -0.458 e. The molecule has 1 aliphatic heterocycles. The van der Waals surface area contributed by atoms with Gasteiger partial charge in [-0.25, -0.2) is 0 Å². The average Bonchev–Trinajstić information content (AvgIpc) is 2.98. The van der Waals surface area contributed by atoms with E-state index >= 15 is 0 Å². The summed E-state index contributed by atoms with van der Waals surface area (Å²) in [4.78, 5) is 36.1. The summed E-state index contributed by atoms with van der Waals surface area (Å²) in [7, 11) is -4.66. The number of likely N-dealkylation sites (tertiary alicyclic amines) is 1. The number of amides is 2. The smallest absolute Gasteiger partial charge is 0.326 e. The Balaban J connectivity index is 2.03. The summed E-state index contributed by atoms with van der Waals surface area (Å²) in [5.41, 5.74) is -0.550. The molecule has 1 N–H and O–H groups in total. The van der Waals surface area contributed by atoms with E-state index in [0.29, 0.717) is 11.3 Å². The fourth-order valence-corrected chi connectivity index (χ4v) is 3.74. The lowest BCUT2D eigenvalue weighted by Crippen LogP contribution is -2.41. The van der Waals surface area contributed by atoms with E-state index in [1.807, 2.05) is 6.92 Å². The van der Waals surface area contributed by atoms with Gasteiger partial charge in [-0.05, 0) is 32.1 Å². The number of imide groups is 1. The van der Waals surface area contributed by atoms with Crippen molar-refractivity contribution in [2.24, 2.45) is 0 Å². The van der Waals surface area contributed by atoms with Crippen LogP contribution in [0, 0.1) is 0 Å². The van der Waals surface area contributed by atoms with Crippen LogP contribution in [0.5, 0.6) is 0 Å². The third-order valence-electron chi connectivity index (χ3n) is 4.34. The number of esters is 1. The van der Waals surface area contributed by atoms with Crippen LogP contribution in [0.25, 0.3) is 0 Å². The first-order valence-corrected chi connectivity index (χ1v) is 8.71. The molecule has 1 unspecified atom stereocenters. The van der Waals surface area contributed by atoms with Crippen LogP contribution in [-0.2, 0) is 29.2 Å². The zero-order valence-electron chi connectivity index (χ0n) is 12.3. The van der Waals surface area contributed by atoms with Gasteiger partial charge in [-0.15, -0.1) is 0 Å². The number of rotatable bonds is 5. The molecule has 0 aromatic rings. The molecule has 1 saturated heterocycles. The first-order chi connectivity index (χ1) is 10.2. The van der Waals surface area contributed by atoms with Crippen LogP contribution in [0.1, 0.15) is 45.4 Å². The lowest BCUT2D eigenvalue weighted by atomic mass is 9.99. The number of ether oxygens (including phenoxy) is 1. The Morgan fingerprint density at radius 1 is 1.36 bits per heavy atom. The summed E-state index contributed by atoms with van der Waals surface area (Å²) in [6, 6.07) is 0. The van der Waals surface area contributed by atoms with Crippen molar-refractivity contribution in [3.8, 4) is 0 Å². The fraction of sp³-hybridized carbons (Fsp3) is 0.769. The van der Waals surface area contributed by atoms with Gasteiger partial charge in [-0.2, -0.15) is 8.42 Å². The second kappa shape index (κ2) is 5.96. The van der Waals surface area contributed by atoms with Crippen LogP contribution in [0.2, 0.25) is 0 Å². The van der Waals surface area contributed by atoms with Crippen molar-refractivity contribution < 1.29 is 32.1 Å². The van der Waals surface area contributed by atoms with Crippen LogP contribution in [0.3, 0.4) is 0 Å². The summed E-state index contributed by atoms with van der Waals surface area (Å²) in [6.07, 6.45) is 3.38. The van der Waals surface area contributed by atoms with E-state index < -0.39 is 51.7 Å². The van der Waals surface area contributed by atoms with Crippen LogP contribution in [0.4, 0.5) is 0 Å². The third kappa shape index (κ3) is 3.30. The van der Waals surface area contributed by atoms with Gasteiger partial charge >= 0.3 is 5.97 Å². The van der Waals surface area contributed by atoms with Crippen LogP contribution < -0.4 is 0 Å². The van der Waals surface area contributed by atoms with Crippen molar-refractivity contribution in [3.05, 3.63) is 0 Å². The summed E-state index contributed by atoms with van der Waals surface area (Å²) < 4.78 is 36.4. The zero-order valence-corrected chi connectivity index (χ0v) is 13.1. The topological polar surface area (TPSA) is 118 Å². The monoisotopic (exact) mass is 333 g/mol. The highest BCUT2D eigenvalue weighted by Gasteiger charge is 2.47. The van der Waals surface area contributed by atoms with Gasteiger partial charge < -0.3 is 4.74 Å². The second-order valence-corrected chi connectivity index (χ2v) is 7.34. The molecule has 2 rings (SSSR count). The molecular weight excluding hydrogens is 314 g/mol. The van der Waals surface area contributed by atoms with Crippen LogP contribution >= 0.6 is 0 Å². The van der Waals surface area contributed by atoms with Crippen molar-refractivity contribution >= 4 is 27.9 Å². The fourth-order valence-electron chi connectivity index (χ4n) is 3.00. The maximum Gasteiger partial charge on any atom is 0.326 e. The Bertz CT molecular complexity index is 592. The van der Waals surface area contributed by atoms with Gasteiger partial charge in [-0.1, -0.05) is 6.92 Å². The van der Waals surface area contributed by atoms with Gasteiger partial charge in [0.25, 0.3) is 16.0 Å². The molecular formula is C13H19NO7S. The van der Waals surface area contributed by atoms with Crippen molar-refractivity contribution in [2.75, 3.05) is 6.54 Å². The second-order valence-electron chi connectivity index (χ2n) is 5.74. The van der Waals surface area contributed by atoms with Crippen LogP contribution in [-0.4, -0.2) is 53.0 Å². The Kier molecular flexibility index (Phi) is 4.57. The first-order valence-electron chi connectivity index (χ1n) is 7.21. The molecule has 9 heteroatoms. The van der Waals surface area contributed by atoms with Gasteiger partial charge in [0, 0.05) is 0 Å². The number of carbonyl (C=O) groups is 3. The van der Waals surface area contributed by atoms with E-state index in [1.54, 1.807) is 0 Å². The lowest BCUT2D eigenvalue weighted by molar-refractivity contribution is -0.164. The maximum absolute atomic E-state index is 12.0. The molecule has 1 atom stereocenters. The Hall–Kier alpha value is -1.48. The highest BCUT2D eigenvalue weighted by Crippen LogP contribution is 2.36. The third-order valence-corrected chi connectivity index (χ3v) is 5.43. The molecule has 1 aliphatic carbocycles. The molecule has 2 aliphatic rings. The lowest BCUT2D eigenvalue weighted by Gasteiger charge is -2.28. The summed E-state index contributed by atoms with van der Waals surface area (Å²) in [5.74, 6) is -2.62. The molecule has 0 aromatic heterocycles. The van der Waals surface area contributed by atoms with Gasteiger partial charge in [0.2, 0.25) is 5.91 Å². The maximum atomic E-state index is 12.0. The van der Waals surface area contributed by atoms with Gasteiger partial charge in [-0.3, -0.25) is 23.8 Å². The van der Waals surface area contributed by atoms with Crippen molar-refractivity contribution in [3.63, 3.8) is 0 Å². The van der Waals surface area contributed by atoms with E-state index in [9.17, 15) is 22.8 Å². The Morgan fingerprint density at radius 2 is 1.95 bits per heavy atom. The Labute approximate surface area is 128 Å². The van der Waals surface area contributed by atoms with Crippen molar-refractivity contribution in [2.45, 2.75) is 56.3 Å². The number of hydrogen-bond donors (Lipinski definition) is 1. The molecule has 0 radical (unpaired) electrons. The van der Waals surface area contributed by atoms with Crippen molar-refractivity contribution in [1.82, 2.24) is 4.90 Å². The molecule has 2 fully saturated rings. The van der Waals surface area contributed by atoms with E-state index in [2.05, 4.69) is 0 Å². The number of hydrogen-bond acceptors (Lipinski definition) is 6. The van der Waals surface area contributed by atoms with Crippen molar-refractivity contribution in [1.29, 1.82) is 0 Å². The minimum absolute atomic E-state index is 0.541. The quantitative estimate of drug-likeness (QED) is 0.436. The SMILES string of the molecule is CCC1(OC(=O)CN2C(=O)CC(S(=O)(=O)O)C2=O)CCCC1. The highest BCUT2D eigenvalue weighted by atomic mass is 32.2. The number of carbonyl (C=O) groups excluding carboxylic acids is 3. The van der Waals surface area contributed by atoms with E-state index in [1.165, 1.54) is 0 Å². The predicted molar refractivity (Wildman–Crippen MR) is 74.3 cm³/mol. The molecule has 22 heavy (non-hydrogen) atoms. The summed E-state index contributed by atoms with van der Waals surface area (Å²) in [6.45, 7) is 1.28. The predicted octanol–water partition coefficient (Wildman–Crippen LogP) is 0.268. The molecule has 8 nitrogen and oxygen atoms in total. The zero-order chi connectivity index (χ0) is 16.5. The molecule has 0 aromatic carbocycles. The standard InChI is InChI=1S/C13H19NO7S/c1-2-13(5-3-4-6-13)21-11(16)8-14-10(15)7-9(12(14)17)22(18,19)20/h9H,2-8H2,1H3,(H,18,19,20). The largest absolute Gasteiger partial charge is 0.458 e. The highest BCUT2D eigenvalue weighted by molar-refractivity contribution is 7.87. The summed E-state index contributed by atoms with van der Waals surface area (Å²) >= 11 is 0. The van der Waals surface area contributed by atoms with E-state index in [0.717, 1.165) is 25.7 Å². The van der Waals surface area contributed by atoms with E-state index in [-0.39, 0.29) is 0 Å². The van der Waals surface area contributed by atoms with Gasteiger partial charge in [0.1, 0.15) is 12.1 Å². The van der Waals surface area contributed by atoms with E-state index in [4.69, 9.17) is 9.29 Å². The molecule has 124 valence electrons. The van der Waals surface area contributed by atoms with Crippen LogP contribution in [0.15, 0.2) is 0 Å². The molecule has 2 amide bonds. The first kappa shape index (κ1) is 16.9. The molecule has 1 heterocycles. The average molecular weight is 333 g/mol.